The zero-order chi connectivity index (χ0) is 22.7. The number of ether oxygens (including phenoxy) is 1. The molecule has 0 unspecified atom stereocenters. The predicted molar refractivity (Wildman–Crippen MR) is 119 cm³/mol. The number of imide groups is 1. The Morgan fingerprint density at radius 1 is 1.06 bits per heavy atom. The van der Waals surface area contributed by atoms with Gasteiger partial charge in [-0.05, 0) is 49.9 Å². The van der Waals surface area contributed by atoms with E-state index in [1.54, 1.807) is 25.1 Å². The van der Waals surface area contributed by atoms with Crippen LogP contribution >= 0.6 is 0 Å². The minimum absolute atomic E-state index is 0.106. The average Bonchev–Trinajstić information content (AvgIpc) is 3.03. The van der Waals surface area contributed by atoms with Gasteiger partial charge in [0.05, 0.1) is 36.5 Å². The van der Waals surface area contributed by atoms with Gasteiger partial charge in [-0.15, -0.1) is 0 Å². The molecule has 1 aromatic carbocycles. The first-order chi connectivity index (χ1) is 15.4. The fourth-order valence-electron chi connectivity index (χ4n) is 5.01. The topological polar surface area (TPSA) is 96.0 Å². The van der Waals surface area contributed by atoms with E-state index in [0.29, 0.717) is 17.7 Å². The molecule has 0 aromatic heterocycles. The number of morpholine rings is 1. The van der Waals surface area contributed by atoms with Gasteiger partial charge in [-0.1, -0.05) is 25.0 Å². The largest absolute Gasteiger partial charge is 0.379 e. The van der Waals surface area contributed by atoms with Crippen molar-refractivity contribution in [1.29, 1.82) is 0 Å². The molecule has 1 aromatic rings. The maximum atomic E-state index is 12.9. The lowest BCUT2D eigenvalue weighted by atomic mass is 9.81. The Bertz CT molecular complexity index is 934. The fraction of sp³-hybridized carbons (Fsp3) is 0.652. The van der Waals surface area contributed by atoms with Crippen LogP contribution in [-0.4, -0.2) is 69.4 Å². The van der Waals surface area contributed by atoms with Crippen LogP contribution in [0.25, 0.3) is 0 Å². The van der Waals surface area contributed by atoms with Gasteiger partial charge in [-0.2, -0.15) is 0 Å². The van der Waals surface area contributed by atoms with Crippen LogP contribution in [0.4, 0.5) is 0 Å². The van der Waals surface area contributed by atoms with Gasteiger partial charge in [-0.25, -0.2) is 13.1 Å². The summed E-state index contributed by atoms with van der Waals surface area (Å²) in [5.74, 6) is -0.604. The van der Waals surface area contributed by atoms with Crippen LogP contribution in [0.3, 0.4) is 0 Å². The molecule has 2 aliphatic heterocycles. The molecule has 1 N–H and O–H groups in total. The summed E-state index contributed by atoms with van der Waals surface area (Å²) in [5, 5.41) is 0. The van der Waals surface area contributed by atoms with Gasteiger partial charge in [0, 0.05) is 19.6 Å². The van der Waals surface area contributed by atoms with Gasteiger partial charge in [0.15, 0.2) is 0 Å². The fourth-order valence-corrected chi connectivity index (χ4v) is 6.38. The summed E-state index contributed by atoms with van der Waals surface area (Å²) in [6.45, 7) is 6.27. The van der Waals surface area contributed by atoms with Crippen molar-refractivity contribution in [2.24, 2.45) is 11.8 Å². The van der Waals surface area contributed by atoms with Gasteiger partial charge in [0.1, 0.15) is 0 Å². The summed E-state index contributed by atoms with van der Waals surface area (Å²) < 4.78 is 33.9. The second-order valence-electron chi connectivity index (χ2n) is 9.07. The molecular formula is C23H33N3O5S. The number of carbonyl (C=O) groups excluding carboxylic acids is 2. The Morgan fingerprint density at radius 2 is 1.72 bits per heavy atom. The molecule has 2 saturated heterocycles. The molecular weight excluding hydrogens is 430 g/mol. The Hall–Kier alpha value is -1.81. The SMILES string of the molecule is Cc1ccc(CN2C(=O)[C@H]3CCCC[C@@H]3C2=O)cc1S(=O)(=O)NCCCN1CCOCC1. The molecule has 9 heteroatoms. The van der Waals surface area contributed by atoms with E-state index in [4.69, 9.17) is 4.74 Å². The number of sulfonamides is 1. The quantitative estimate of drug-likeness (QED) is 0.465. The summed E-state index contributed by atoms with van der Waals surface area (Å²) in [7, 11) is -3.68. The van der Waals surface area contributed by atoms with E-state index >= 15 is 0 Å². The molecule has 3 aliphatic rings. The summed E-state index contributed by atoms with van der Waals surface area (Å²) in [4.78, 5) is 29.3. The van der Waals surface area contributed by atoms with E-state index in [0.717, 1.165) is 65.0 Å². The number of rotatable bonds is 8. The molecule has 2 amide bonds. The summed E-state index contributed by atoms with van der Waals surface area (Å²) >= 11 is 0. The monoisotopic (exact) mass is 463 g/mol. The Kier molecular flexibility index (Phi) is 7.29. The molecule has 176 valence electrons. The van der Waals surface area contributed by atoms with E-state index in [1.165, 1.54) is 4.90 Å². The molecule has 32 heavy (non-hydrogen) atoms. The normalized spacial score (nSPS) is 24.7. The van der Waals surface area contributed by atoms with Crippen molar-refractivity contribution < 1.29 is 22.7 Å². The number of aryl methyl sites for hydroxylation is 1. The number of nitrogens with one attached hydrogen (secondary N) is 1. The Morgan fingerprint density at radius 3 is 2.38 bits per heavy atom. The number of fused-ring (bicyclic) bond motifs is 1. The highest BCUT2D eigenvalue weighted by Crippen LogP contribution is 2.38. The molecule has 3 fully saturated rings. The van der Waals surface area contributed by atoms with Crippen molar-refractivity contribution >= 4 is 21.8 Å². The maximum absolute atomic E-state index is 12.9. The van der Waals surface area contributed by atoms with Crippen molar-refractivity contribution in [2.75, 3.05) is 39.4 Å². The van der Waals surface area contributed by atoms with Crippen molar-refractivity contribution in [3.8, 4) is 0 Å². The van der Waals surface area contributed by atoms with E-state index < -0.39 is 10.0 Å². The van der Waals surface area contributed by atoms with Crippen LogP contribution in [0.1, 0.15) is 43.2 Å². The number of nitrogens with zero attached hydrogens (tertiary/aromatic N) is 2. The molecule has 2 atom stereocenters. The second-order valence-corrected chi connectivity index (χ2v) is 10.8. The molecule has 1 aliphatic carbocycles. The van der Waals surface area contributed by atoms with Crippen LogP contribution in [-0.2, 0) is 30.9 Å². The van der Waals surface area contributed by atoms with Crippen LogP contribution < -0.4 is 4.72 Å². The van der Waals surface area contributed by atoms with Gasteiger partial charge < -0.3 is 4.74 Å². The Balaban J connectivity index is 1.39. The first kappa shape index (κ1) is 23.4. The standard InChI is InChI=1S/C23H33N3O5S/c1-17-7-8-18(16-26-22(27)19-5-2-3-6-20(19)23(26)28)15-21(17)32(29,30)24-9-4-10-25-11-13-31-14-12-25/h7-8,15,19-20,24H,2-6,9-14,16H2,1H3/t19-,20-/m0/s1. The number of likely N-dealkylation sites (tertiary alicyclic amines) is 1. The van der Waals surface area contributed by atoms with E-state index in [-0.39, 0.29) is 35.1 Å². The molecule has 0 radical (unpaired) electrons. The summed E-state index contributed by atoms with van der Waals surface area (Å²) in [6, 6.07) is 5.15. The number of hydrogen-bond donors (Lipinski definition) is 1. The highest BCUT2D eigenvalue weighted by Gasteiger charge is 2.47. The van der Waals surface area contributed by atoms with Gasteiger partial charge >= 0.3 is 0 Å². The average molecular weight is 464 g/mol. The zero-order valence-electron chi connectivity index (χ0n) is 18.7. The van der Waals surface area contributed by atoms with Gasteiger partial charge in [0.2, 0.25) is 21.8 Å². The third-order valence-corrected chi connectivity index (χ3v) is 8.47. The van der Waals surface area contributed by atoms with Gasteiger partial charge in [-0.3, -0.25) is 19.4 Å². The first-order valence-electron chi connectivity index (χ1n) is 11.6. The highest BCUT2D eigenvalue weighted by molar-refractivity contribution is 7.89. The summed E-state index contributed by atoms with van der Waals surface area (Å²) in [6.07, 6.45) is 4.23. The molecule has 0 spiro atoms. The van der Waals surface area contributed by atoms with E-state index in [1.807, 2.05) is 0 Å². The molecule has 2 heterocycles. The minimum Gasteiger partial charge on any atom is -0.379 e. The first-order valence-corrected chi connectivity index (χ1v) is 13.1. The van der Waals surface area contributed by atoms with Crippen molar-refractivity contribution in [3.05, 3.63) is 29.3 Å². The third kappa shape index (κ3) is 5.06. The number of hydrogen-bond acceptors (Lipinski definition) is 6. The van der Waals surface area contributed by atoms with Crippen molar-refractivity contribution in [2.45, 2.75) is 50.5 Å². The van der Waals surface area contributed by atoms with Gasteiger partial charge in [0.25, 0.3) is 0 Å². The molecule has 1 saturated carbocycles. The van der Waals surface area contributed by atoms with E-state index in [9.17, 15) is 18.0 Å². The zero-order valence-corrected chi connectivity index (χ0v) is 19.5. The molecule has 8 nitrogen and oxygen atoms in total. The van der Waals surface area contributed by atoms with Crippen LogP contribution in [0, 0.1) is 18.8 Å². The minimum atomic E-state index is -3.68. The number of carbonyl (C=O) groups is 2. The molecule has 4 rings (SSSR count). The van der Waals surface area contributed by atoms with Crippen molar-refractivity contribution in [3.63, 3.8) is 0 Å². The van der Waals surface area contributed by atoms with Crippen LogP contribution in [0.15, 0.2) is 23.1 Å². The molecule has 0 bridgehead atoms. The Labute approximate surface area is 190 Å². The lowest BCUT2D eigenvalue weighted by molar-refractivity contribution is -0.140. The lowest BCUT2D eigenvalue weighted by Gasteiger charge is -2.26. The summed E-state index contributed by atoms with van der Waals surface area (Å²) in [5.41, 5.74) is 1.30. The number of amides is 2. The smallest absolute Gasteiger partial charge is 0.240 e. The van der Waals surface area contributed by atoms with Crippen LogP contribution in [0.5, 0.6) is 0 Å². The second kappa shape index (κ2) is 9.99. The van der Waals surface area contributed by atoms with E-state index in [2.05, 4.69) is 9.62 Å². The van der Waals surface area contributed by atoms with Crippen LogP contribution in [0.2, 0.25) is 0 Å². The highest BCUT2D eigenvalue weighted by atomic mass is 32.2. The lowest BCUT2D eigenvalue weighted by Crippen LogP contribution is -2.38. The predicted octanol–water partition coefficient (Wildman–Crippen LogP) is 1.67. The number of benzene rings is 1. The third-order valence-electron chi connectivity index (χ3n) is 6.86. The maximum Gasteiger partial charge on any atom is 0.240 e. The van der Waals surface area contributed by atoms with Crippen molar-refractivity contribution in [1.82, 2.24) is 14.5 Å².